The molecule has 0 atom stereocenters. The lowest BCUT2D eigenvalue weighted by molar-refractivity contribution is -0.122. The van der Waals surface area contributed by atoms with Gasteiger partial charge in [0.2, 0.25) is 11.8 Å². The number of rotatable bonds is 6. The summed E-state index contributed by atoms with van der Waals surface area (Å²) in [5.74, 6) is 0.000286. The van der Waals surface area contributed by atoms with Gasteiger partial charge in [0.15, 0.2) is 0 Å². The normalized spacial score (nSPS) is 21.3. The van der Waals surface area contributed by atoms with Crippen molar-refractivity contribution in [3.05, 3.63) is 54.0 Å². The van der Waals surface area contributed by atoms with Crippen LogP contribution in [0.1, 0.15) is 31.2 Å². The topological polar surface area (TPSA) is 74.8 Å². The molecule has 2 aliphatic rings. The van der Waals surface area contributed by atoms with Gasteiger partial charge in [-0.1, -0.05) is 18.2 Å². The van der Waals surface area contributed by atoms with Crippen LogP contribution in [0.4, 0.5) is 14.9 Å². The number of nitrogens with zero attached hydrogens (tertiary/aromatic N) is 3. The molecule has 0 unspecified atom stereocenters. The monoisotopic (exact) mass is 426 g/mol. The number of aryl methyl sites for hydroxylation is 1. The van der Waals surface area contributed by atoms with Gasteiger partial charge in [0.05, 0.1) is 5.69 Å². The van der Waals surface area contributed by atoms with E-state index >= 15 is 0 Å². The Labute approximate surface area is 181 Å². The molecule has 164 valence electrons. The molecule has 4 rings (SSSR count). The molecule has 0 bridgehead atoms. The molecule has 0 spiro atoms. The quantitative estimate of drug-likeness (QED) is 0.769. The number of hydrogen-bond acceptors (Lipinski definition) is 4. The summed E-state index contributed by atoms with van der Waals surface area (Å²) in [7, 11) is 0. The highest BCUT2D eigenvalue weighted by Crippen LogP contribution is 2.24. The Morgan fingerprint density at radius 2 is 1.94 bits per heavy atom. The second kappa shape index (κ2) is 9.32. The van der Waals surface area contributed by atoms with E-state index in [2.05, 4.69) is 10.3 Å². The first kappa shape index (κ1) is 21.1. The molecule has 2 heterocycles. The van der Waals surface area contributed by atoms with E-state index < -0.39 is 5.82 Å². The molecule has 1 aromatic heterocycles. The number of para-hydroxylation sites is 1. The molecule has 31 heavy (non-hydrogen) atoms. The Bertz CT molecular complexity index is 929. The number of carbonyl (C=O) groups is 2. The Kier molecular flexibility index (Phi) is 6.34. The highest BCUT2D eigenvalue weighted by Gasteiger charge is 2.33. The molecule has 1 N–H and O–H groups in total. The predicted octanol–water partition coefficient (Wildman–Crippen LogP) is 3.28. The fourth-order valence-corrected chi connectivity index (χ4v) is 4.09. The zero-order valence-corrected chi connectivity index (χ0v) is 17.6. The van der Waals surface area contributed by atoms with E-state index in [-0.39, 0.29) is 36.3 Å². The predicted molar refractivity (Wildman–Crippen MR) is 115 cm³/mol. The SMILES string of the molecule is Cc1ccc(OC2CCC(NC(=O)CN3CCN(c4ccccc4F)C3=O)CC2)nc1. The van der Waals surface area contributed by atoms with E-state index in [1.807, 2.05) is 19.1 Å². The van der Waals surface area contributed by atoms with E-state index in [4.69, 9.17) is 4.74 Å². The van der Waals surface area contributed by atoms with Crippen molar-refractivity contribution in [3.63, 3.8) is 0 Å². The van der Waals surface area contributed by atoms with Crippen molar-refractivity contribution in [2.75, 3.05) is 24.5 Å². The highest BCUT2D eigenvalue weighted by atomic mass is 19.1. The summed E-state index contributed by atoms with van der Waals surface area (Å²) in [5, 5.41) is 3.03. The molecule has 2 fully saturated rings. The highest BCUT2D eigenvalue weighted by molar-refractivity contribution is 5.96. The fourth-order valence-electron chi connectivity index (χ4n) is 4.09. The van der Waals surface area contributed by atoms with Gasteiger partial charge in [-0.15, -0.1) is 0 Å². The first-order chi connectivity index (χ1) is 15.0. The van der Waals surface area contributed by atoms with E-state index in [0.717, 1.165) is 31.2 Å². The zero-order valence-electron chi connectivity index (χ0n) is 17.6. The number of ether oxygens (including phenoxy) is 1. The van der Waals surface area contributed by atoms with Crippen molar-refractivity contribution in [2.45, 2.75) is 44.8 Å². The van der Waals surface area contributed by atoms with Crippen molar-refractivity contribution in [2.24, 2.45) is 0 Å². The summed E-state index contributed by atoms with van der Waals surface area (Å²) >= 11 is 0. The van der Waals surface area contributed by atoms with E-state index in [0.29, 0.717) is 19.0 Å². The number of anilines is 1. The van der Waals surface area contributed by atoms with Crippen LogP contribution in [-0.2, 0) is 4.79 Å². The van der Waals surface area contributed by atoms with E-state index in [1.165, 1.54) is 15.9 Å². The molecule has 2 aromatic rings. The van der Waals surface area contributed by atoms with Crippen molar-refractivity contribution in [1.29, 1.82) is 0 Å². The average molecular weight is 426 g/mol. The number of carbonyl (C=O) groups excluding carboxylic acids is 2. The molecule has 3 amide bonds. The smallest absolute Gasteiger partial charge is 0.325 e. The Morgan fingerprint density at radius 3 is 2.65 bits per heavy atom. The van der Waals surface area contributed by atoms with E-state index in [1.54, 1.807) is 24.4 Å². The second-order valence-electron chi connectivity index (χ2n) is 8.14. The van der Waals surface area contributed by atoms with Crippen LogP contribution in [-0.4, -0.2) is 53.6 Å². The largest absolute Gasteiger partial charge is 0.474 e. The maximum atomic E-state index is 14.0. The summed E-state index contributed by atoms with van der Waals surface area (Å²) in [5.41, 5.74) is 1.34. The number of pyridine rings is 1. The summed E-state index contributed by atoms with van der Waals surface area (Å²) in [4.78, 5) is 32.2. The third kappa shape index (κ3) is 5.13. The van der Waals surface area contributed by atoms with Crippen molar-refractivity contribution < 1.29 is 18.7 Å². The van der Waals surface area contributed by atoms with Crippen LogP contribution < -0.4 is 15.0 Å². The van der Waals surface area contributed by atoms with Crippen LogP contribution in [0.25, 0.3) is 0 Å². The van der Waals surface area contributed by atoms with Gasteiger partial charge in [-0.2, -0.15) is 0 Å². The summed E-state index contributed by atoms with van der Waals surface area (Å²) < 4.78 is 19.9. The summed E-state index contributed by atoms with van der Waals surface area (Å²) in [6.07, 6.45) is 5.19. The molecular weight excluding hydrogens is 399 g/mol. The Morgan fingerprint density at radius 1 is 1.16 bits per heavy atom. The fraction of sp³-hybridized carbons (Fsp3) is 0.435. The van der Waals surface area contributed by atoms with Gasteiger partial charge in [0.1, 0.15) is 18.5 Å². The van der Waals surface area contributed by atoms with Crippen LogP contribution in [0.5, 0.6) is 5.88 Å². The van der Waals surface area contributed by atoms with Crippen LogP contribution >= 0.6 is 0 Å². The second-order valence-corrected chi connectivity index (χ2v) is 8.14. The minimum atomic E-state index is -0.443. The van der Waals surface area contributed by atoms with Crippen LogP contribution in [0.3, 0.4) is 0 Å². The summed E-state index contributed by atoms with van der Waals surface area (Å²) in [6, 6.07) is 9.75. The van der Waals surface area contributed by atoms with Gasteiger partial charge in [-0.25, -0.2) is 14.2 Å². The van der Waals surface area contributed by atoms with Crippen LogP contribution in [0, 0.1) is 12.7 Å². The first-order valence-corrected chi connectivity index (χ1v) is 10.7. The maximum absolute atomic E-state index is 14.0. The van der Waals surface area contributed by atoms with Crippen LogP contribution in [0.2, 0.25) is 0 Å². The number of benzene rings is 1. The van der Waals surface area contributed by atoms with Crippen molar-refractivity contribution in [1.82, 2.24) is 15.2 Å². The standard InChI is InChI=1S/C23H27FN4O3/c1-16-6-11-22(25-14-16)31-18-9-7-17(8-10-18)26-21(29)15-27-12-13-28(23(27)30)20-5-3-2-4-19(20)24/h2-6,11,14,17-18H,7-10,12-13,15H2,1H3,(H,26,29). The molecular formula is C23H27FN4O3. The van der Waals surface area contributed by atoms with Gasteiger partial charge in [-0.3, -0.25) is 9.69 Å². The molecule has 7 nitrogen and oxygen atoms in total. The molecule has 8 heteroatoms. The van der Waals surface area contributed by atoms with E-state index in [9.17, 15) is 14.0 Å². The van der Waals surface area contributed by atoms with Crippen molar-refractivity contribution >= 4 is 17.6 Å². The Hall–Kier alpha value is -3.16. The maximum Gasteiger partial charge on any atom is 0.325 e. The minimum absolute atomic E-state index is 0.0203. The molecule has 1 aliphatic carbocycles. The minimum Gasteiger partial charge on any atom is -0.474 e. The van der Waals surface area contributed by atoms with Gasteiger partial charge in [-0.05, 0) is 50.3 Å². The number of nitrogens with one attached hydrogen (secondary N) is 1. The third-order valence-corrected chi connectivity index (χ3v) is 5.78. The molecule has 1 saturated heterocycles. The first-order valence-electron chi connectivity index (χ1n) is 10.7. The molecule has 0 radical (unpaired) electrons. The molecule has 1 saturated carbocycles. The molecule has 1 aromatic carbocycles. The van der Waals surface area contributed by atoms with Gasteiger partial charge in [0.25, 0.3) is 0 Å². The summed E-state index contributed by atoms with van der Waals surface area (Å²) in [6.45, 7) is 2.72. The lowest BCUT2D eigenvalue weighted by atomic mass is 9.93. The van der Waals surface area contributed by atoms with Gasteiger partial charge < -0.3 is 15.0 Å². The average Bonchev–Trinajstić information content (AvgIpc) is 3.11. The Balaban J connectivity index is 1.22. The number of halogens is 1. The van der Waals surface area contributed by atoms with Crippen molar-refractivity contribution in [3.8, 4) is 5.88 Å². The number of aromatic nitrogens is 1. The number of urea groups is 1. The number of hydrogen-bond donors (Lipinski definition) is 1. The lowest BCUT2D eigenvalue weighted by Gasteiger charge is -2.29. The van der Waals surface area contributed by atoms with Gasteiger partial charge >= 0.3 is 6.03 Å². The third-order valence-electron chi connectivity index (χ3n) is 5.78. The molecule has 1 aliphatic heterocycles. The van der Waals surface area contributed by atoms with Crippen LogP contribution in [0.15, 0.2) is 42.6 Å². The van der Waals surface area contributed by atoms with Gasteiger partial charge in [0, 0.05) is 31.4 Å². The zero-order chi connectivity index (χ0) is 21.8. The number of amides is 3. The lowest BCUT2D eigenvalue weighted by Crippen LogP contribution is -2.45.